The van der Waals surface area contributed by atoms with Gasteiger partial charge in [-0.15, -0.1) is 0 Å². The average Bonchev–Trinajstić information content (AvgIpc) is 2.95. The van der Waals surface area contributed by atoms with Crippen LogP contribution in [0.4, 0.5) is 9.59 Å². The highest BCUT2D eigenvalue weighted by atomic mass is 16.6. The Kier molecular flexibility index (Phi) is 19.9. The van der Waals surface area contributed by atoms with Gasteiger partial charge in [-0.25, -0.2) is 24.0 Å². The van der Waals surface area contributed by atoms with Crippen molar-refractivity contribution in [2.24, 2.45) is 0 Å². The molecule has 0 aromatic heterocycles. The number of carbonyl (C=O) groups is 6. The summed E-state index contributed by atoms with van der Waals surface area (Å²) in [5.74, 6) is -2.25. The highest BCUT2D eigenvalue weighted by Crippen LogP contribution is 2.08. The lowest BCUT2D eigenvalue weighted by Crippen LogP contribution is -2.35. The second-order valence-corrected chi connectivity index (χ2v) is 9.11. The molecule has 0 aliphatic rings. The van der Waals surface area contributed by atoms with Gasteiger partial charge >= 0.3 is 30.1 Å². The molecule has 0 heterocycles. The minimum atomic E-state index is -1.02. The van der Waals surface area contributed by atoms with E-state index in [9.17, 15) is 28.8 Å². The van der Waals surface area contributed by atoms with Gasteiger partial charge in [0.05, 0.1) is 0 Å². The number of carbonyl (C=O) groups excluding carboxylic acids is 6. The Balaban J connectivity index is 4.32. The predicted molar refractivity (Wildman–Crippen MR) is 152 cm³/mol. The minimum absolute atomic E-state index is 0.0897. The number of alkyl carbamates (subject to hydrolysis) is 2. The molecule has 0 aliphatic carbocycles. The molecule has 0 saturated carbocycles. The molecule has 0 rings (SSSR count). The highest BCUT2D eigenvalue weighted by molar-refractivity contribution is 5.94. The van der Waals surface area contributed by atoms with Crippen LogP contribution in [0, 0.1) is 0 Å². The number of amides is 2. The van der Waals surface area contributed by atoms with Gasteiger partial charge in [0.1, 0.15) is 25.9 Å². The van der Waals surface area contributed by atoms with E-state index in [1.165, 1.54) is 6.92 Å². The number of nitrogens with one attached hydrogen (secondary N) is 2. The van der Waals surface area contributed by atoms with Crippen molar-refractivity contribution in [1.29, 1.82) is 0 Å². The van der Waals surface area contributed by atoms with Gasteiger partial charge in [-0.05, 0) is 38.7 Å². The number of unbranched alkanes of at least 4 members (excludes halogenated alkanes) is 3. The van der Waals surface area contributed by atoms with Gasteiger partial charge < -0.3 is 34.3 Å². The van der Waals surface area contributed by atoms with Crippen LogP contribution in [0.2, 0.25) is 0 Å². The minimum Gasteiger partial charge on any atom is -0.459 e. The normalized spacial score (nSPS) is 11.5. The van der Waals surface area contributed by atoms with E-state index in [0.29, 0.717) is 31.5 Å². The van der Waals surface area contributed by atoms with Crippen LogP contribution >= 0.6 is 0 Å². The lowest BCUT2D eigenvalue weighted by Gasteiger charge is -2.18. The molecule has 0 bridgehead atoms. The van der Waals surface area contributed by atoms with E-state index in [0.717, 1.165) is 25.0 Å². The fraction of sp³-hybridized carbons (Fsp3) is 0.517. The molecule has 0 fully saturated rings. The summed E-state index contributed by atoms with van der Waals surface area (Å²) < 4.78 is 25.2. The third kappa shape index (κ3) is 19.6. The first kappa shape index (κ1) is 37.6. The van der Waals surface area contributed by atoms with Gasteiger partial charge in [-0.3, -0.25) is 4.79 Å². The number of esters is 3. The predicted octanol–water partition coefficient (Wildman–Crippen LogP) is 3.24. The Morgan fingerprint density at radius 2 is 1.12 bits per heavy atom. The summed E-state index contributed by atoms with van der Waals surface area (Å²) in [6, 6.07) is 0. The van der Waals surface area contributed by atoms with Crippen molar-refractivity contribution in [3.63, 3.8) is 0 Å². The summed E-state index contributed by atoms with van der Waals surface area (Å²) in [6.45, 7) is 16.4. The maximum atomic E-state index is 12.1. The summed E-state index contributed by atoms with van der Waals surface area (Å²) in [6.07, 6.45) is 1.60. The van der Waals surface area contributed by atoms with Crippen molar-refractivity contribution in [3.8, 4) is 0 Å². The van der Waals surface area contributed by atoms with Crippen molar-refractivity contribution in [1.82, 2.24) is 10.6 Å². The van der Waals surface area contributed by atoms with Crippen LogP contribution in [0.5, 0.6) is 0 Å². The van der Waals surface area contributed by atoms with Gasteiger partial charge in [0.25, 0.3) is 0 Å². The second-order valence-electron chi connectivity index (χ2n) is 9.11. The molecule has 0 spiro atoms. The number of rotatable bonds is 22. The van der Waals surface area contributed by atoms with Crippen molar-refractivity contribution in [2.45, 2.75) is 64.6 Å². The third-order valence-corrected chi connectivity index (χ3v) is 5.26. The molecule has 2 amide bonds. The van der Waals surface area contributed by atoms with Crippen molar-refractivity contribution < 1.29 is 52.5 Å². The Morgan fingerprint density at radius 1 is 0.667 bits per heavy atom. The lowest BCUT2D eigenvalue weighted by molar-refractivity contribution is -0.147. The third-order valence-electron chi connectivity index (χ3n) is 5.26. The van der Waals surface area contributed by atoms with Crippen LogP contribution in [0.15, 0.2) is 49.6 Å². The maximum Gasteiger partial charge on any atom is 0.407 e. The Hall–Kier alpha value is -4.42. The first-order chi connectivity index (χ1) is 19.9. The van der Waals surface area contributed by atoms with E-state index in [4.69, 9.17) is 23.7 Å². The van der Waals surface area contributed by atoms with E-state index in [1.807, 2.05) is 0 Å². The first-order valence-electron chi connectivity index (χ1n) is 13.4. The monoisotopic (exact) mass is 594 g/mol. The molecule has 2 N–H and O–H groups in total. The number of ketones is 1. The van der Waals surface area contributed by atoms with Crippen LogP contribution in [0.3, 0.4) is 0 Å². The Labute approximate surface area is 246 Å². The average molecular weight is 595 g/mol. The quantitative estimate of drug-likeness (QED) is 0.0815. The van der Waals surface area contributed by atoms with E-state index < -0.39 is 42.3 Å². The molecule has 0 radical (unpaired) electrons. The molecule has 0 aromatic carbocycles. The zero-order valence-corrected chi connectivity index (χ0v) is 24.4. The van der Waals surface area contributed by atoms with Crippen molar-refractivity contribution in [2.75, 3.05) is 32.9 Å². The smallest absolute Gasteiger partial charge is 0.407 e. The number of Topliss-reactive ketones (excluding diaryl/α,β-unsaturated/α-hetero) is 1. The van der Waals surface area contributed by atoms with Gasteiger partial charge in [0, 0.05) is 37.2 Å². The number of hydrogen-bond donors (Lipinski definition) is 2. The van der Waals surface area contributed by atoms with Gasteiger partial charge in [-0.2, -0.15) is 0 Å². The van der Waals surface area contributed by atoms with Crippen LogP contribution in [-0.2, 0) is 42.9 Å². The number of hydrogen-bond acceptors (Lipinski definition) is 11. The Bertz CT molecular complexity index is 912. The van der Waals surface area contributed by atoms with Gasteiger partial charge in [0.15, 0.2) is 11.9 Å². The Morgan fingerprint density at radius 3 is 1.57 bits per heavy atom. The molecule has 13 nitrogen and oxygen atoms in total. The summed E-state index contributed by atoms with van der Waals surface area (Å²) >= 11 is 0. The molecule has 2 atom stereocenters. The summed E-state index contributed by atoms with van der Waals surface area (Å²) in [7, 11) is 0. The summed E-state index contributed by atoms with van der Waals surface area (Å²) in [4.78, 5) is 70.3. The topological polar surface area (TPSA) is 173 Å². The molecule has 0 aromatic rings. The van der Waals surface area contributed by atoms with E-state index in [1.54, 1.807) is 6.92 Å². The standard InChI is InChI=1S/C29H42N2O11/c1-7-25(33)38-17-22(13-14-24(32)20(3)4)41-28(36)30-15-11-9-10-12-16-31-29(37)42-23(18-39-26(34)8-2)19-40-27(35)21(5)6/h7-8,22-23H,1-3,5,9-19H2,4,6H3,(H,30,36)(H,31,37). The van der Waals surface area contributed by atoms with E-state index >= 15 is 0 Å². The molecule has 2 unspecified atom stereocenters. The molecule has 13 heteroatoms. The lowest BCUT2D eigenvalue weighted by atomic mass is 10.1. The number of ether oxygens (including phenoxy) is 5. The zero-order valence-electron chi connectivity index (χ0n) is 24.4. The zero-order chi connectivity index (χ0) is 31.9. The molecular formula is C29H42N2O11. The van der Waals surface area contributed by atoms with E-state index in [-0.39, 0.29) is 44.0 Å². The maximum absolute atomic E-state index is 12.1. The molecule has 234 valence electrons. The largest absolute Gasteiger partial charge is 0.459 e. The van der Waals surface area contributed by atoms with Gasteiger partial charge in [0.2, 0.25) is 0 Å². The molecule has 0 aliphatic heterocycles. The fourth-order valence-electron chi connectivity index (χ4n) is 2.93. The second kappa shape index (κ2) is 22.3. The fourth-order valence-corrected chi connectivity index (χ4v) is 2.93. The van der Waals surface area contributed by atoms with Crippen molar-refractivity contribution in [3.05, 3.63) is 49.6 Å². The van der Waals surface area contributed by atoms with Crippen LogP contribution in [-0.4, -0.2) is 81.0 Å². The first-order valence-corrected chi connectivity index (χ1v) is 13.4. The van der Waals surface area contributed by atoms with Crippen LogP contribution < -0.4 is 10.6 Å². The summed E-state index contributed by atoms with van der Waals surface area (Å²) in [5.41, 5.74) is 0.543. The van der Waals surface area contributed by atoms with Crippen LogP contribution in [0.25, 0.3) is 0 Å². The molecule has 0 saturated heterocycles. The van der Waals surface area contributed by atoms with Crippen molar-refractivity contribution >= 4 is 35.9 Å². The summed E-state index contributed by atoms with van der Waals surface area (Å²) in [5, 5.41) is 5.18. The SMILES string of the molecule is C=CC(=O)OCC(CCC(=O)C(=C)C)OC(=O)NCCCCCCNC(=O)OC(COC(=O)C=C)COC(=O)C(=C)C. The number of allylic oxidation sites excluding steroid dienone is 1. The molecule has 42 heavy (non-hydrogen) atoms. The van der Waals surface area contributed by atoms with E-state index in [2.05, 4.69) is 36.9 Å². The highest BCUT2D eigenvalue weighted by Gasteiger charge is 2.20. The van der Waals surface area contributed by atoms with Gasteiger partial charge in [-0.1, -0.05) is 39.2 Å². The molecular weight excluding hydrogens is 552 g/mol. The van der Waals surface area contributed by atoms with Crippen LogP contribution in [0.1, 0.15) is 52.4 Å².